The third kappa shape index (κ3) is 3.54. The molecule has 1 amide bonds. The predicted octanol–water partition coefficient (Wildman–Crippen LogP) is 4.08. The number of para-hydroxylation sites is 2. The number of carbonyl (C=O) groups is 1. The van der Waals surface area contributed by atoms with Gasteiger partial charge in [-0.1, -0.05) is 19.1 Å². The molecule has 4 aliphatic carbocycles. The molecule has 1 N–H and O–H groups in total. The number of ether oxygens (including phenoxy) is 1. The van der Waals surface area contributed by atoms with Crippen molar-refractivity contribution in [3.8, 4) is 5.75 Å². The van der Waals surface area contributed by atoms with Crippen LogP contribution in [-0.4, -0.2) is 23.5 Å². The summed E-state index contributed by atoms with van der Waals surface area (Å²) in [5, 5.41) is 14.3. The van der Waals surface area contributed by atoms with Crippen molar-refractivity contribution >= 4 is 11.6 Å². The molecule has 27 heavy (non-hydrogen) atoms. The van der Waals surface area contributed by atoms with Crippen LogP contribution in [-0.2, 0) is 4.79 Å². The van der Waals surface area contributed by atoms with Gasteiger partial charge in [-0.2, -0.15) is 0 Å². The van der Waals surface area contributed by atoms with Crippen LogP contribution >= 0.6 is 0 Å². The highest BCUT2D eigenvalue weighted by atomic mass is 16.6. The number of nitrogens with zero attached hydrogens (tertiary/aromatic N) is 1. The summed E-state index contributed by atoms with van der Waals surface area (Å²) in [5.74, 6) is 2.47. The lowest BCUT2D eigenvalue weighted by Gasteiger charge is -2.59. The molecule has 1 aromatic rings. The molecule has 5 rings (SSSR count). The molecule has 1 aromatic carbocycles. The van der Waals surface area contributed by atoms with Gasteiger partial charge in [0, 0.05) is 12.1 Å². The van der Waals surface area contributed by atoms with Crippen LogP contribution in [0, 0.1) is 33.3 Å². The van der Waals surface area contributed by atoms with Crippen LogP contribution < -0.4 is 10.1 Å². The fourth-order valence-corrected chi connectivity index (χ4v) is 6.40. The minimum absolute atomic E-state index is 0.113. The molecule has 1 atom stereocenters. The summed E-state index contributed by atoms with van der Waals surface area (Å²) in [5.41, 5.74) is 0.135. The number of hydrogen-bond acceptors (Lipinski definition) is 4. The second-order valence-corrected chi connectivity index (χ2v) is 8.82. The van der Waals surface area contributed by atoms with E-state index in [0.717, 1.165) is 24.2 Å². The number of hydrogen-bond donors (Lipinski definition) is 1. The first-order chi connectivity index (χ1) is 13.0. The van der Waals surface area contributed by atoms with Gasteiger partial charge in [-0.15, -0.1) is 0 Å². The van der Waals surface area contributed by atoms with Gasteiger partial charge in [-0.25, -0.2) is 0 Å². The molecule has 0 aromatic heterocycles. The van der Waals surface area contributed by atoms with Crippen molar-refractivity contribution in [2.45, 2.75) is 57.9 Å². The summed E-state index contributed by atoms with van der Waals surface area (Å²) in [6.07, 6.45) is 8.77. The maximum absolute atomic E-state index is 12.6. The summed E-state index contributed by atoms with van der Waals surface area (Å²) >= 11 is 0. The zero-order valence-electron chi connectivity index (χ0n) is 15.9. The number of nitrogens with one attached hydrogen (secondary N) is 1. The number of nitro benzene ring substituents is 1. The summed E-state index contributed by atoms with van der Waals surface area (Å²) in [7, 11) is 0. The van der Waals surface area contributed by atoms with Gasteiger partial charge in [0.15, 0.2) is 12.4 Å². The topological polar surface area (TPSA) is 81.5 Å². The maximum Gasteiger partial charge on any atom is 0.310 e. The lowest BCUT2D eigenvalue weighted by molar-refractivity contribution is -0.385. The first-order valence-corrected chi connectivity index (χ1v) is 10.1. The molecule has 146 valence electrons. The lowest BCUT2D eigenvalue weighted by Crippen LogP contribution is -2.57. The van der Waals surface area contributed by atoms with Gasteiger partial charge < -0.3 is 10.1 Å². The summed E-state index contributed by atoms with van der Waals surface area (Å²) in [6.45, 7) is 1.96. The van der Waals surface area contributed by atoms with Crippen molar-refractivity contribution in [3.05, 3.63) is 34.4 Å². The van der Waals surface area contributed by atoms with Crippen molar-refractivity contribution in [2.24, 2.45) is 23.2 Å². The highest BCUT2D eigenvalue weighted by molar-refractivity contribution is 5.78. The Hall–Kier alpha value is -2.11. The fraction of sp³-hybridized carbons (Fsp3) is 0.667. The van der Waals surface area contributed by atoms with E-state index < -0.39 is 4.92 Å². The minimum atomic E-state index is -0.489. The molecule has 4 bridgehead atoms. The zero-order valence-corrected chi connectivity index (χ0v) is 15.9. The van der Waals surface area contributed by atoms with Crippen molar-refractivity contribution in [1.29, 1.82) is 0 Å². The Balaban J connectivity index is 1.39. The molecule has 0 radical (unpaired) electrons. The van der Waals surface area contributed by atoms with Crippen LogP contribution in [0.5, 0.6) is 5.75 Å². The number of benzene rings is 1. The van der Waals surface area contributed by atoms with Crippen molar-refractivity contribution in [3.63, 3.8) is 0 Å². The largest absolute Gasteiger partial charge is 0.477 e. The van der Waals surface area contributed by atoms with E-state index in [0.29, 0.717) is 0 Å². The summed E-state index contributed by atoms with van der Waals surface area (Å²) in [6, 6.07) is 6.35. The van der Waals surface area contributed by atoms with Crippen LogP contribution in [0.1, 0.15) is 51.9 Å². The molecule has 6 nitrogen and oxygen atoms in total. The van der Waals surface area contributed by atoms with Crippen LogP contribution in [0.15, 0.2) is 24.3 Å². The first-order valence-electron chi connectivity index (χ1n) is 10.1. The Morgan fingerprint density at radius 1 is 1.22 bits per heavy atom. The molecule has 4 saturated carbocycles. The molecule has 4 aliphatic rings. The monoisotopic (exact) mass is 372 g/mol. The molecule has 4 fully saturated rings. The van der Waals surface area contributed by atoms with Crippen molar-refractivity contribution < 1.29 is 14.5 Å². The predicted molar refractivity (Wildman–Crippen MR) is 101 cm³/mol. The Bertz CT molecular complexity index is 697. The van der Waals surface area contributed by atoms with E-state index in [-0.39, 0.29) is 35.4 Å². The zero-order chi connectivity index (χ0) is 19.0. The first kappa shape index (κ1) is 18.3. The van der Waals surface area contributed by atoms with E-state index in [9.17, 15) is 14.9 Å². The second kappa shape index (κ2) is 7.13. The third-order valence-corrected chi connectivity index (χ3v) is 6.99. The number of carbonyl (C=O) groups excluding carboxylic acids is 1. The van der Waals surface area contributed by atoms with E-state index in [2.05, 4.69) is 12.2 Å². The molecular weight excluding hydrogens is 344 g/mol. The van der Waals surface area contributed by atoms with E-state index in [1.165, 1.54) is 50.7 Å². The van der Waals surface area contributed by atoms with E-state index in [1.54, 1.807) is 12.1 Å². The van der Waals surface area contributed by atoms with Crippen LogP contribution in [0.3, 0.4) is 0 Å². The second-order valence-electron chi connectivity index (χ2n) is 8.82. The smallest absolute Gasteiger partial charge is 0.310 e. The highest BCUT2D eigenvalue weighted by Gasteiger charge is 2.54. The minimum Gasteiger partial charge on any atom is -0.477 e. The van der Waals surface area contributed by atoms with Crippen molar-refractivity contribution in [1.82, 2.24) is 5.32 Å². The molecule has 6 heteroatoms. The number of amides is 1. The normalized spacial score (nSPS) is 32.1. The van der Waals surface area contributed by atoms with Gasteiger partial charge in [0.05, 0.1) is 4.92 Å². The number of nitro groups is 1. The Morgan fingerprint density at radius 3 is 2.37 bits per heavy atom. The third-order valence-electron chi connectivity index (χ3n) is 6.99. The van der Waals surface area contributed by atoms with E-state index in [1.807, 2.05) is 0 Å². The SMILES string of the molecule is CC[C@H](NC(=O)COc1ccccc1[N+](=O)[O-])C12CC3CC(CC(C3)C1)C2. The average Bonchev–Trinajstić information content (AvgIpc) is 2.63. The van der Waals surface area contributed by atoms with Crippen molar-refractivity contribution in [2.75, 3.05) is 6.61 Å². The average molecular weight is 372 g/mol. The van der Waals surface area contributed by atoms with E-state index >= 15 is 0 Å². The van der Waals surface area contributed by atoms with Gasteiger partial charge >= 0.3 is 5.69 Å². The quantitative estimate of drug-likeness (QED) is 0.577. The Kier molecular flexibility index (Phi) is 4.82. The standard InChI is InChI=1S/C21H28N2O4/c1-2-19(21-10-14-7-15(11-21)9-16(8-14)12-21)22-20(24)13-27-18-6-4-3-5-17(18)23(25)26/h3-6,14-16,19H,2,7-13H2,1H3,(H,22,24)/t14?,15?,16?,19-,21?/m0/s1. The van der Waals surface area contributed by atoms with Crippen LogP contribution in [0.4, 0.5) is 5.69 Å². The van der Waals surface area contributed by atoms with Gasteiger partial charge in [0.1, 0.15) is 0 Å². The molecule has 0 heterocycles. The fourth-order valence-electron chi connectivity index (χ4n) is 6.40. The van der Waals surface area contributed by atoms with Crippen LogP contribution in [0.25, 0.3) is 0 Å². The maximum atomic E-state index is 12.6. The Morgan fingerprint density at radius 2 is 1.81 bits per heavy atom. The van der Waals surface area contributed by atoms with Gasteiger partial charge in [0.25, 0.3) is 5.91 Å². The lowest BCUT2D eigenvalue weighted by atomic mass is 9.47. The molecule has 0 aliphatic heterocycles. The number of rotatable bonds is 7. The Labute approximate surface area is 159 Å². The summed E-state index contributed by atoms with van der Waals surface area (Å²) in [4.78, 5) is 23.1. The highest BCUT2D eigenvalue weighted by Crippen LogP contribution is 2.61. The molecule has 0 saturated heterocycles. The van der Waals surface area contributed by atoms with Gasteiger partial charge in [0.2, 0.25) is 0 Å². The summed E-state index contributed by atoms with van der Waals surface area (Å²) < 4.78 is 5.47. The van der Waals surface area contributed by atoms with Gasteiger partial charge in [-0.3, -0.25) is 14.9 Å². The molecule has 0 spiro atoms. The van der Waals surface area contributed by atoms with Crippen LogP contribution in [0.2, 0.25) is 0 Å². The van der Waals surface area contributed by atoms with E-state index in [4.69, 9.17) is 4.74 Å². The molecule has 0 unspecified atom stereocenters. The van der Waals surface area contributed by atoms with Gasteiger partial charge in [-0.05, 0) is 74.2 Å². The molecular formula is C21H28N2O4.